The van der Waals surface area contributed by atoms with Gasteiger partial charge in [0.2, 0.25) is 5.12 Å². The van der Waals surface area contributed by atoms with Crippen molar-refractivity contribution in [2.75, 3.05) is 5.75 Å². The van der Waals surface area contributed by atoms with Crippen molar-refractivity contribution in [2.45, 2.75) is 6.92 Å². The van der Waals surface area contributed by atoms with Gasteiger partial charge in [-0.25, -0.2) is 0 Å². The highest BCUT2D eigenvalue weighted by molar-refractivity contribution is 7.97. The first-order valence-electron chi connectivity index (χ1n) is 4.23. The zero-order valence-corrected chi connectivity index (χ0v) is 10.2. The van der Waals surface area contributed by atoms with Gasteiger partial charge in [0.05, 0.1) is 5.75 Å². The van der Waals surface area contributed by atoms with Crippen molar-refractivity contribution in [3.05, 3.63) is 29.8 Å². The number of carbonyl (C=O) groups is 1. The summed E-state index contributed by atoms with van der Waals surface area (Å²) in [6.45, 7) is 1.37. The Morgan fingerprint density at radius 2 is 1.69 bits per heavy atom. The molecule has 16 heavy (non-hydrogen) atoms. The molecule has 0 saturated carbocycles. The van der Waals surface area contributed by atoms with Crippen LogP contribution in [-0.2, 0) is 10.1 Å². The first-order chi connectivity index (χ1) is 7.26. The minimum atomic E-state index is -3.66. The SMILES string of the molecule is CCS(=O)(=O)O.O=C(S)c1ccc(O)cc1. The fraction of sp³-hybridized carbons (Fsp3) is 0.222. The second-order valence-corrected chi connectivity index (χ2v) is 4.87. The quantitative estimate of drug-likeness (QED) is 0.554. The van der Waals surface area contributed by atoms with Crippen LogP contribution in [0, 0.1) is 0 Å². The van der Waals surface area contributed by atoms with E-state index in [4.69, 9.17) is 9.66 Å². The molecule has 5 nitrogen and oxygen atoms in total. The second kappa shape index (κ2) is 6.51. The van der Waals surface area contributed by atoms with E-state index in [0.29, 0.717) is 5.56 Å². The van der Waals surface area contributed by atoms with Crippen molar-refractivity contribution in [1.82, 2.24) is 0 Å². The highest BCUT2D eigenvalue weighted by Crippen LogP contribution is 2.10. The van der Waals surface area contributed by atoms with E-state index in [0.717, 1.165) is 0 Å². The van der Waals surface area contributed by atoms with E-state index in [1.54, 1.807) is 0 Å². The lowest BCUT2D eigenvalue weighted by molar-refractivity contribution is 0.109. The van der Waals surface area contributed by atoms with Gasteiger partial charge in [-0.2, -0.15) is 8.42 Å². The lowest BCUT2D eigenvalue weighted by atomic mass is 10.2. The van der Waals surface area contributed by atoms with Crippen molar-refractivity contribution in [1.29, 1.82) is 0 Å². The monoisotopic (exact) mass is 264 g/mol. The molecule has 0 aromatic heterocycles. The first-order valence-corrected chi connectivity index (χ1v) is 6.29. The lowest BCUT2D eigenvalue weighted by Crippen LogP contribution is -1.97. The number of benzene rings is 1. The van der Waals surface area contributed by atoms with Crippen molar-refractivity contribution in [2.24, 2.45) is 0 Å². The third kappa shape index (κ3) is 7.27. The summed E-state index contributed by atoms with van der Waals surface area (Å²) < 4.78 is 26.9. The third-order valence-electron chi connectivity index (χ3n) is 1.48. The molecule has 0 aliphatic carbocycles. The molecule has 1 rings (SSSR count). The maximum absolute atomic E-state index is 10.5. The van der Waals surface area contributed by atoms with Crippen LogP contribution in [0.5, 0.6) is 5.75 Å². The molecular formula is C9H12O5S2. The Hall–Kier alpha value is -1.05. The maximum Gasteiger partial charge on any atom is 0.264 e. The fourth-order valence-electron chi connectivity index (χ4n) is 0.604. The second-order valence-electron chi connectivity index (χ2n) is 2.72. The minimum Gasteiger partial charge on any atom is -0.508 e. The van der Waals surface area contributed by atoms with Gasteiger partial charge in [-0.05, 0) is 31.2 Å². The Morgan fingerprint density at radius 1 is 1.31 bits per heavy atom. The summed E-state index contributed by atoms with van der Waals surface area (Å²) in [5.41, 5.74) is 0.487. The lowest BCUT2D eigenvalue weighted by Gasteiger charge is -1.92. The van der Waals surface area contributed by atoms with Gasteiger partial charge in [-0.3, -0.25) is 9.35 Å². The predicted molar refractivity (Wildman–Crippen MR) is 63.5 cm³/mol. The predicted octanol–water partition coefficient (Wildman–Crippen LogP) is 1.36. The van der Waals surface area contributed by atoms with Gasteiger partial charge in [0.1, 0.15) is 5.75 Å². The molecule has 0 unspecified atom stereocenters. The van der Waals surface area contributed by atoms with Gasteiger partial charge in [0, 0.05) is 5.56 Å². The van der Waals surface area contributed by atoms with E-state index in [9.17, 15) is 13.2 Å². The molecule has 0 fully saturated rings. The van der Waals surface area contributed by atoms with E-state index in [1.807, 2.05) is 0 Å². The maximum atomic E-state index is 10.5. The first kappa shape index (κ1) is 14.9. The molecule has 90 valence electrons. The number of hydrogen-bond donors (Lipinski definition) is 3. The zero-order valence-electron chi connectivity index (χ0n) is 8.49. The number of phenols is 1. The molecule has 1 aromatic carbocycles. The summed E-state index contributed by atoms with van der Waals surface area (Å²) >= 11 is 3.60. The Morgan fingerprint density at radius 3 is 1.94 bits per heavy atom. The van der Waals surface area contributed by atoms with Crippen LogP contribution in [0.15, 0.2) is 24.3 Å². The Labute approximate surface area is 99.3 Å². The molecule has 0 amide bonds. The van der Waals surface area contributed by atoms with Gasteiger partial charge in [0.25, 0.3) is 10.1 Å². The van der Waals surface area contributed by atoms with Crippen LogP contribution < -0.4 is 0 Å². The number of aromatic hydroxyl groups is 1. The summed E-state index contributed by atoms with van der Waals surface area (Å²) in [6.07, 6.45) is 0. The Balaban J connectivity index is 0.000000325. The molecule has 0 saturated heterocycles. The number of rotatable bonds is 2. The van der Waals surface area contributed by atoms with Crippen molar-refractivity contribution >= 4 is 27.9 Å². The summed E-state index contributed by atoms with van der Waals surface area (Å²) in [5, 5.41) is 8.51. The van der Waals surface area contributed by atoms with Crippen LogP contribution in [0.2, 0.25) is 0 Å². The largest absolute Gasteiger partial charge is 0.508 e. The molecule has 0 atom stereocenters. The van der Waals surface area contributed by atoms with Crippen molar-refractivity contribution in [3.8, 4) is 5.75 Å². The summed E-state index contributed by atoms with van der Waals surface area (Å²) in [7, 11) is -3.66. The van der Waals surface area contributed by atoms with Crippen LogP contribution in [0.25, 0.3) is 0 Å². The molecule has 0 heterocycles. The third-order valence-corrected chi connectivity index (χ3v) is 2.47. The molecule has 0 aliphatic rings. The van der Waals surface area contributed by atoms with Crippen LogP contribution in [0.3, 0.4) is 0 Å². The molecule has 1 aromatic rings. The van der Waals surface area contributed by atoms with E-state index in [1.165, 1.54) is 31.2 Å². The van der Waals surface area contributed by atoms with Crippen LogP contribution in [0.1, 0.15) is 17.3 Å². The summed E-state index contributed by atoms with van der Waals surface area (Å²) in [6, 6.07) is 5.93. The number of phenolic OH excluding ortho intramolecular Hbond substituents is 1. The molecular weight excluding hydrogens is 252 g/mol. The van der Waals surface area contributed by atoms with Crippen LogP contribution in [-0.4, -0.2) is 28.9 Å². The molecule has 2 N–H and O–H groups in total. The zero-order chi connectivity index (χ0) is 12.8. The minimum absolute atomic E-state index is 0.151. The molecule has 7 heteroatoms. The van der Waals surface area contributed by atoms with E-state index in [2.05, 4.69) is 12.6 Å². The van der Waals surface area contributed by atoms with Crippen molar-refractivity contribution in [3.63, 3.8) is 0 Å². The smallest absolute Gasteiger partial charge is 0.264 e. The fourth-order valence-corrected chi connectivity index (χ4v) is 0.753. The average Bonchev–Trinajstić information content (AvgIpc) is 2.18. The Kier molecular flexibility index (Phi) is 6.09. The van der Waals surface area contributed by atoms with E-state index in [-0.39, 0.29) is 16.6 Å². The molecule has 0 spiro atoms. The number of hydrogen-bond acceptors (Lipinski definition) is 4. The molecule has 0 aliphatic heterocycles. The number of thiol groups is 1. The number of carbonyl (C=O) groups excluding carboxylic acids is 1. The standard InChI is InChI=1S/C7H6O2S.C2H6O3S/c8-6-3-1-5(2-4-6)7(9)10;1-2-6(3,4)5/h1-4,8H,(H,9,10);2H2,1H3,(H,3,4,5). The van der Waals surface area contributed by atoms with Gasteiger partial charge < -0.3 is 5.11 Å². The van der Waals surface area contributed by atoms with E-state index < -0.39 is 10.1 Å². The van der Waals surface area contributed by atoms with Gasteiger partial charge in [-0.1, -0.05) is 0 Å². The van der Waals surface area contributed by atoms with E-state index >= 15 is 0 Å². The van der Waals surface area contributed by atoms with Gasteiger partial charge >= 0.3 is 0 Å². The van der Waals surface area contributed by atoms with Crippen LogP contribution >= 0.6 is 12.6 Å². The van der Waals surface area contributed by atoms with Crippen molar-refractivity contribution < 1.29 is 22.9 Å². The normalized spacial score (nSPS) is 10.2. The Bertz CT molecular complexity index is 435. The highest BCUT2D eigenvalue weighted by atomic mass is 32.2. The van der Waals surface area contributed by atoms with Gasteiger partial charge in [0.15, 0.2) is 0 Å². The highest BCUT2D eigenvalue weighted by Gasteiger charge is 1.97. The summed E-state index contributed by atoms with van der Waals surface area (Å²) in [5.74, 6) is -0.0502. The molecule has 0 bridgehead atoms. The topological polar surface area (TPSA) is 91.7 Å². The average molecular weight is 264 g/mol. The van der Waals surface area contributed by atoms with Gasteiger partial charge in [-0.15, -0.1) is 12.6 Å². The summed E-state index contributed by atoms with van der Waals surface area (Å²) in [4.78, 5) is 10.5. The van der Waals surface area contributed by atoms with Crippen LogP contribution in [0.4, 0.5) is 0 Å². The molecule has 0 radical (unpaired) electrons.